The Bertz CT molecular complexity index is 1240. The van der Waals surface area contributed by atoms with Gasteiger partial charge in [0, 0.05) is 34.6 Å². The van der Waals surface area contributed by atoms with E-state index in [1.54, 1.807) is 30.3 Å². The largest absolute Gasteiger partial charge is 0.465 e. The molecule has 1 aromatic carbocycles. The lowest BCUT2D eigenvalue weighted by atomic mass is 9.88. The second-order valence-corrected chi connectivity index (χ2v) is 9.85. The third-order valence-electron chi connectivity index (χ3n) is 6.17. The van der Waals surface area contributed by atoms with E-state index in [1.807, 2.05) is 0 Å². The van der Waals surface area contributed by atoms with E-state index in [9.17, 15) is 33.6 Å². The van der Waals surface area contributed by atoms with Crippen molar-refractivity contribution in [3.8, 4) is 0 Å². The fraction of sp³-hybridized carbons (Fsp3) is 0.552. The molecule has 6 atom stereocenters. The van der Waals surface area contributed by atoms with E-state index >= 15 is 0 Å². The smallest absolute Gasteiger partial charge is 0.366 e. The van der Waals surface area contributed by atoms with Crippen molar-refractivity contribution < 1.29 is 71.5 Å². The van der Waals surface area contributed by atoms with E-state index in [-0.39, 0.29) is 6.61 Å². The summed E-state index contributed by atoms with van der Waals surface area (Å²) in [6.07, 6.45) is -7.01. The van der Waals surface area contributed by atoms with E-state index in [0.717, 1.165) is 41.7 Å². The van der Waals surface area contributed by atoms with Gasteiger partial charge in [-0.3, -0.25) is 28.8 Å². The van der Waals surface area contributed by atoms with Gasteiger partial charge in [-0.1, -0.05) is 30.3 Å². The van der Waals surface area contributed by atoms with Crippen molar-refractivity contribution in [2.24, 2.45) is 0 Å². The zero-order valence-electron chi connectivity index (χ0n) is 25.7. The summed E-state index contributed by atoms with van der Waals surface area (Å²) >= 11 is 0. The van der Waals surface area contributed by atoms with Crippen molar-refractivity contribution in [3.63, 3.8) is 0 Å². The third-order valence-corrected chi connectivity index (χ3v) is 6.17. The number of methoxy groups -OCH3 is 1. The van der Waals surface area contributed by atoms with Crippen LogP contribution in [0.4, 0.5) is 0 Å². The van der Waals surface area contributed by atoms with Crippen molar-refractivity contribution in [3.05, 3.63) is 35.9 Å². The molecular formula is C29H37NO15. The summed E-state index contributed by atoms with van der Waals surface area (Å²) in [5.74, 6) is -8.56. The van der Waals surface area contributed by atoms with E-state index in [2.05, 4.69) is 5.32 Å². The first-order chi connectivity index (χ1) is 21.2. The van der Waals surface area contributed by atoms with Crippen LogP contribution in [0, 0.1) is 0 Å². The molecule has 16 heteroatoms. The molecule has 0 bridgehead atoms. The van der Waals surface area contributed by atoms with Gasteiger partial charge in [-0.05, 0) is 5.56 Å². The molecule has 1 fully saturated rings. The normalized spacial score (nSPS) is 22.0. The molecule has 1 amide bonds. The van der Waals surface area contributed by atoms with Crippen LogP contribution in [0.3, 0.4) is 0 Å². The van der Waals surface area contributed by atoms with Crippen molar-refractivity contribution in [1.29, 1.82) is 0 Å². The molecule has 248 valence electrons. The summed E-state index contributed by atoms with van der Waals surface area (Å²) in [6.45, 7) is 3.63. The van der Waals surface area contributed by atoms with Gasteiger partial charge in [-0.25, -0.2) is 4.79 Å². The summed E-state index contributed by atoms with van der Waals surface area (Å²) < 4.78 is 43.3. The highest BCUT2D eigenvalue weighted by molar-refractivity contribution is 5.81. The summed E-state index contributed by atoms with van der Waals surface area (Å²) in [7, 11) is 1.05. The SMILES string of the molecule is COC(=O)[C@@]1(OCc2ccccc2)C[C@H](OC(C)=O)[C@@H](NC(=O)COC(C)=O)[C@H]([C@H](OC(C)=O)[C@@H](COC(C)=O)OC(C)=O)O1. The Morgan fingerprint density at radius 3 is 2.02 bits per heavy atom. The van der Waals surface area contributed by atoms with Crippen LogP contribution in [0.2, 0.25) is 0 Å². The summed E-state index contributed by atoms with van der Waals surface area (Å²) in [5, 5.41) is 2.51. The first-order valence-electron chi connectivity index (χ1n) is 13.7. The molecule has 1 N–H and O–H groups in total. The number of nitrogens with one attached hydrogen (secondary N) is 1. The topological polar surface area (TPSA) is 205 Å². The number of amides is 1. The molecule has 1 saturated heterocycles. The maximum atomic E-state index is 13.4. The molecule has 45 heavy (non-hydrogen) atoms. The van der Waals surface area contributed by atoms with Crippen LogP contribution in [0.5, 0.6) is 0 Å². The predicted molar refractivity (Wildman–Crippen MR) is 147 cm³/mol. The molecule has 0 aromatic heterocycles. The number of esters is 6. The Labute approximate surface area is 258 Å². The number of rotatable bonds is 14. The highest BCUT2D eigenvalue weighted by atomic mass is 16.7. The molecule has 0 unspecified atom stereocenters. The van der Waals surface area contributed by atoms with Crippen LogP contribution < -0.4 is 5.32 Å². The van der Waals surface area contributed by atoms with Gasteiger partial charge >= 0.3 is 35.8 Å². The molecule has 0 spiro atoms. The Morgan fingerprint density at radius 1 is 0.867 bits per heavy atom. The minimum Gasteiger partial charge on any atom is -0.465 e. The van der Waals surface area contributed by atoms with Gasteiger partial charge in [0.05, 0.1) is 26.2 Å². The maximum absolute atomic E-state index is 13.4. The lowest BCUT2D eigenvalue weighted by Gasteiger charge is -2.48. The van der Waals surface area contributed by atoms with Crippen LogP contribution in [0.15, 0.2) is 30.3 Å². The Morgan fingerprint density at radius 2 is 1.49 bits per heavy atom. The molecule has 0 saturated carbocycles. The molecule has 0 aliphatic carbocycles. The van der Waals surface area contributed by atoms with E-state index < -0.39 is 97.6 Å². The van der Waals surface area contributed by atoms with E-state index in [1.165, 1.54) is 0 Å². The van der Waals surface area contributed by atoms with Crippen LogP contribution >= 0.6 is 0 Å². The monoisotopic (exact) mass is 639 g/mol. The third kappa shape index (κ3) is 11.5. The fourth-order valence-corrected chi connectivity index (χ4v) is 4.48. The van der Waals surface area contributed by atoms with Gasteiger partial charge in [0.15, 0.2) is 18.8 Å². The number of benzene rings is 1. The Kier molecular flexibility index (Phi) is 13.9. The summed E-state index contributed by atoms with van der Waals surface area (Å²) in [5.41, 5.74) is 0.603. The number of carbonyl (C=O) groups excluding carboxylic acids is 7. The average Bonchev–Trinajstić information content (AvgIpc) is 2.96. The van der Waals surface area contributed by atoms with Gasteiger partial charge in [0.25, 0.3) is 11.7 Å². The Balaban J connectivity index is 2.74. The molecular weight excluding hydrogens is 602 g/mol. The fourth-order valence-electron chi connectivity index (χ4n) is 4.48. The molecule has 1 aromatic rings. The average molecular weight is 640 g/mol. The quantitative estimate of drug-likeness (QED) is 0.214. The number of hydrogen-bond donors (Lipinski definition) is 1. The van der Waals surface area contributed by atoms with Crippen LogP contribution in [-0.4, -0.2) is 98.3 Å². The van der Waals surface area contributed by atoms with Gasteiger partial charge in [-0.2, -0.15) is 0 Å². The molecule has 1 aliphatic rings. The second kappa shape index (κ2) is 17.1. The van der Waals surface area contributed by atoms with Crippen molar-refractivity contribution >= 4 is 41.7 Å². The summed E-state index contributed by atoms with van der Waals surface area (Å²) in [6, 6.07) is 7.14. The van der Waals surface area contributed by atoms with E-state index in [4.69, 9.17) is 37.9 Å². The summed E-state index contributed by atoms with van der Waals surface area (Å²) in [4.78, 5) is 86.0. The molecule has 0 radical (unpaired) electrons. The number of ether oxygens (including phenoxy) is 8. The highest BCUT2D eigenvalue weighted by Gasteiger charge is 2.59. The van der Waals surface area contributed by atoms with Crippen molar-refractivity contribution in [1.82, 2.24) is 5.32 Å². The zero-order chi connectivity index (χ0) is 33.7. The molecule has 2 rings (SSSR count). The molecule has 1 aliphatic heterocycles. The lowest BCUT2D eigenvalue weighted by molar-refractivity contribution is -0.317. The number of hydrogen-bond acceptors (Lipinski definition) is 15. The first kappa shape index (κ1) is 36.6. The van der Waals surface area contributed by atoms with Crippen molar-refractivity contribution in [2.45, 2.75) is 83.9 Å². The predicted octanol–water partition coefficient (Wildman–Crippen LogP) is 0.268. The maximum Gasteiger partial charge on any atom is 0.366 e. The second-order valence-electron chi connectivity index (χ2n) is 9.85. The van der Waals surface area contributed by atoms with Gasteiger partial charge in [-0.15, -0.1) is 0 Å². The van der Waals surface area contributed by atoms with E-state index in [0.29, 0.717) is 5.56 Å². The van der Waals surface area contributed by atoms with Crippen LogP contribution in [0.25, 0.3) is 0 Å². The molecule has 1 heterocycles. The van der Waals surface area contributed by atoms with Gasteiger partial charge in [0.1, 0.15) is 18.8 Å². The van der Waals surface area contributed by atoms with Gasteiger partial charge < -0.3 is 43.2 Å². The standard InChI is InChI=1S/C29H37NO15/c1-16(31)39-14-23(43-19(4)34)26(44-20(5)35)27-25(30-24(36)15-40-17(2)32)22(42-18(3)33)12-29(45-27,28(37)38-6)41-13-21-10-8-7-9-11-21/h7-11,22-23,25-27H,12-15H2,1-6H3,(H,30,36)/t22-,23+,25+,26+,27+,29+/m0/s1. The minimum atomic E-state index is -2.35. The van der Waals surface area contributed by atoms with Crippen LogP contribution in [0.1, 0.15) is 46.6 Å². The zero-order valence-corrected chi connectivity index (χ0v) is 25.7. The van der Waals surface area contributed by atoms with Crippen molar-refractivity contribution in [2.75, 3.05) is 20.3 Å². The Hall–Kier alpha value is -4.57. The molecule has 16 nitrogen and oxygen atoms in total. The highest BCUT2D eigenvalue weighted by Crippen LogP contribution is 2.37. The van der Waals surface area contributed by atoms with Gasteiger partial charge in [0.2, 0.25) is 0 Å². The van der Waals surface area contributed by atoms with Crippen LogP contribution in [-0.2, 0) is 78.1 Å². The lowest BCUT2D eigenvalue weighted by Crippen LogP contribution is -2.69. The first-order valence-corrected chi connectivity index (χ1v) is 13.7. The number of carbonyl (C=O) groups is 7. The minimum absolute atomic E-state index is 0.224.